The Labute approximate surface area is 125 Å². The molecule has 21 heavy (non-hydrogen) atoms. The SMILES string of the molecule is C(=COc1ccccc1)CNCC1Cc2ccccc2O1. The average Bonchev–Trinajstić information content (AvgIpc) is 2.94. The zero-order chi connectivity index (χ0) is 14.3. The summed E-state index contributed by atoms with van der Waals surface area (Å²) in [6, 6.07) is 18.0. The Hall–Kier alpha value is -2.26. The lowest BCUT2D eigenvalue weighted by atomic mass is 10.1. The van der Waals surface area contributed by atoms with Crippen molar-refractivity contribution in [2.45, 2.75) is 12.5 Å². The van der Waals surface area contributed by atoms with E-state index in [1.165, 1.54) is 5.56 Å². The summed E-state index contributed by atoms with van der Waals surface area (Å²) >= 11 is 0. The van der Waals surface area contributed by atoms with Gasteiger partial charge in [0.15, 0.2) is 0 Å². The highest BCUT2D eigenvalue weighted by Gasteiger charge is 2.21. The molecule has 1 unspecified atom stereocenters. The van der Waals surface area contributed by atoms with Gasteiger partial charge in [0.2, 0.25) is 0 Å². The van der Waals surface area contributed by atoms with Gasteiger partial charge in [-0.1, -0.05) is 36.4 Å². The molecule has 1 atom stereocenters. The van der Waals surface area contributed by atoms with Crippen LogP contribution in [0.15, 0.2) is 66.9 Å². The van der Waals surface area contributed by atoms with E-state index in [4.69, 9.17) is 9.47 Å². The van der Waals surface area contributed by atoms with Crippen molar-refractivity contribution >= 4 is 0 Å². The third kappa shape index (κ3) is 3.86. The number of para-hydroxylation sites is 2. The minimum atomic E-state index is 0.228. The van der Waals surface area contributed by atoms with Crippen molar-refractivity contribution < 1.29 is 9.47 Å². The lowest BCUT2D eigenvalue weighted by Crippen LogP contribution is -2.30. The Morgan fingerprint density at radius 1 is 1.10 bits per heavy atom. The predicted molar refractivity (Wildman–Crippen MR) is 83.6 cm³/mol. The minimum Gasteiger partial charge on any atom is -0.488 e. The third-order valence-corrected chi connectivity index (χ3v) is 3.39. The fraction of sp³-hybridized carbons (Fsp3) is 0.222. The van der Waals surface area contributed by atoms with Crippen LogP contribution in [0.2, 0.25) is 0 Å². The highest BCUT2D eigenvalue weighted by molar-refractivity contribution is 5.37. The van der Waals surface area contributed by atoms with E-state index in [9.17, 15) is 0 Å². The number of hydrogen-bond donors (Lipinski definition) is 1. The van der Waals surface area contributed by atoms with E-state index >= 15 is 0 Å². The maximum absolute atomic E-state index is 5.86. The number of ether oxygens (including phenoxy) is 2. The minimum absolute atomic E-state index is 0.228. The monoisotopic (exact) mass is 281 g/mol. The van der Waals surface area contributed by atoms with Gasteiger partial charge >= 0.3 is 0 Å². The van der Waals surface area contributed by atoms with Crippen LogP contribution in [-0.4, -0.2) is 19.2 Å². The first-order valence-electron chi connectivity index (χ1n) is 7.24. The summed E-state index contributed by atoms with van der Waals surface area (Å²) < 4.78 is 11.3. The second-order valence-electron chi connectivity index (χ2n) is 5.01. The molecule has 0 saturated carbocycles. The maximum Gasteiger partial charge on any atom is 0.126 e. The van der Waals surface area contributed by atoms with Gasteiger partial charge in [-0.15, -0.1) is 0 Å². The number of hydrogen-bond acceptors (Lipinski definition) is 3. The molecule has 0 aliphatic carbocycles. The highest BCUT2D eigenvalue weighted by Crippen LogP contribution is 2.27. The van der Waals surface area contributed by atoms with Gasteiger partial charge in [0, 0.05) is 19.5 Å². The van der Waals surface area contributed by atoms with Crippen LogP contribution >= 0.6 is 0 Å². The first kappa shape index (κ1) is 13.7. The molecule has 0 saturated heterocycles. The topological polar surface area (TPSA) is 30.5 Å². The van der Waals surface area contributed by atoms with E-state index in [1.807, 2.05) is 48.5 Å². The summed E-state index contributed by atoms with van der Waals surface area (Å²) in [5.41, 5.74) is 1.30. The summed E-state index contributed by atoms with van der Waals surface area (Å²) in [5.74, 6) is 1.87. The molecule has 3 rings (SSSR count). The lowest BCUT2D eigenvalue weighted by Gasteiger charge is -2.10. The normalized spacial score (nSPS) is 16.7. The Bertz CT molecular complexity index is 570. The van der Waals surface area contributed by atoms with Crippen molar-refractivity contribution in [2.75, 3.05) is 13.1 Å². The van der Waals surface area contributed by atoms with Crippen LogP contribution in [-0.2, 0) is 6.42 Å². The number of benzene rings is 2. The first-order chi connectivity index (χ1) is 10.4. The molecule has 0 bridgehead atoms. The summed E-state index contributed by atoms with van der Waals surface area (Å²) in [6.07, 6.45) is 4.89. The largest absolute Gasteiger partial charge is 0.488 e. The van der Waals surface area contributed by atoms with Crippen molar-refractivity contribution in [1.29, 1.82) is 0 Å². The fourth-order valence-corrected chi connectivity index (χ4v) is 2.37. The predicted octanol–water partition coefficient (Wildman–Crippen LogP) is 3.17. The van der Waals surface area contributed by atoms with E-state index in [2.05, 4.69) is 17.4 Å². The maximum atomic E-state index is 5.86. The summed E-state index contributed by atoms with van der Waals surface area (Å²) in [4.78, 5) is 0. The van der Waals surface area contributed by atoms with Gasteiger partial charge in [-0.05, 0) is 29.8 Å². The van der Waals surface area contributed by atoms with Gasteiger partial charge in [-0.25, -0.2) is 0 Å². The quantitative estimate of drug-likeness (QED) is 0.651. The molecule has 0 fully saturated rings. The average molecular weight is 281 g/mol. The van der Waals surface area contributed by atoms with Crippen molar-refractivity contribution in [3.05, 3.63) is 72.5 Å². The molecular formula is C18H19NO2. The summed E-state index contributed by atoms with van der Waals surface area (Å²) in [7, 11) is 0. The van der Waals surface area contributed by atoms with Crippen molar-refractivity contribution in [2.24, 2.45) is 0 Å². The third-order valence-electron chi connectivity index (χ3n) is 3.39. The molecule has 0 amide bonds. The molecule has 1 N–H and O–H groups in total. The Morgan fingerprint density at radius 3 is 2.76 bits per heavy atom. The first-order valence-corrected chi connectivity index (χ1v) is 7.24. The van der Waals surface area contributed by atoms with E-state index in [-0.39, 0.29) is 6.10 Å². The molecule has 2 aromatic rings. The smallest absolute Gasteiger partial charge is 0.126 e. The number of nitrogens with one attached hydrogen (secondary N) is 1. The standard InChI is InChI=1S/C18H19NO2/c1-2-8-16(9-3-1)20-12-6-11-19-14-17-13-15-7-4-5-10-18(15)21-17/h1-10,12,17,19H,11,13-14H2. The zero-order valence-corrected chi connectivity index (χ0v) is 11.9. The second kappa shape index (κ2) is 6.95. The molecule has 1 aliphatic rings. The van der Waals surface area contributed by atoms with Crippen LogP contribution < -0.4 is 14.8 Å². The van der Waals surface area contributed by atoms with Crippen LogP contribution in [0.25, 0.3) is 0 Å². The van der Waals surface area contributed by atoms with Crippen molar-refractivity contribution in [3.8, 4) is 11.5 Å². The Kier molecular flexibility index (Phi) is 4.54. The molecule has 1 aliphatic heterocycles. The van der Waals surface area contributed by atoms with Gasteiger partial charge in [0.1, 0.15) is 17.6 Å². The molecule has 1 heterocycles. The Balaban J connectivity index is 1.34. The molecule has 108 valence electrons. The summed E-state index contributed by atoms with van der Waals surface area (Å²) in [6.45, 7) is 1.60. The molecule has 2 aromatic carbocycles. The van der Waals surface area contributed by atoms with E-state index < -0.39 is 0 Å². The van der Waals surface area contributed by atoms with Crippen LogP contribution in [0.1, 0.15) is 5.56 Å². The number of fused-ring (bicyclic) bond motifs is 1. The van der Waals surface area contributed by atoms with Crippen LogP contribution in [0.3, 0.4) is 0 Å². The van der Waals surface area contributed by atoms with Gasteiger partial charge in [0.25, 0.3) is 0 Å². The van der Waals surface area contributed by atoms with Gasteiger partial charge < -0.3 is 14.8 Å². The van der Waals surface area contributed by atoms with Crippen molar-refractivity contribution in [3.63, 3.8) is 0 Å². The molecule has 3 nitrogen and oxygen atoms in total. The van der Waals surface area contributed by atoms with E-state index in [1.54, 1.807) is 6.26 Å². The molecule has 3 heteroatoms. The van der Waals surface area contributed by atoms with Gasteiger partial charge in [-0.3, -0.25) is 0 Å². The molecule has 0 aromatic heterocycles. The van der Waals surface area contributed by atoms with Crippen molar-refractivity contribution in [1.82, 2.24) is 5.32 Å². The Morgan fingerprint density at radius 2 is 1.90 bits per heavy atom. The van der Waals surface area contributed by atoms with E-state index in [0.717, 1.165) is 31.0 Å². The molecule has 0 radical (unpaired) electrons. The van der Waals surface area contributed by atoms with E-state index in [0.29, 0.717) is 0 Å². The second-order valence-corrected chi connectivity index (χ2v) is 5.01. The van der Waals surface area contributed by atoms with Crippen LogP contribution in [0.4, 0.5) is 0 Å². The van der Waals surface area contributed by atoms with Crippen LogP contribution in [0.5, 0.6) is 11.5 Å². The fourth-order valence-electron chi connectivity index (χ4n) is 2.37. The van der Waals surface area contributed by atoms with Gasteiger partial charge in [0.05, 0.1) is 6.26 Å². The number of rotatable bonds is 6. The molecular weight excluding hydrogens is 262 g/mol. The zero-order valence-electron chi connectivity index (χ0n) is 11.9. The van der Waals surface area contributed by atoms with Gasteiger partial charge in [-0.2, -0.15) is 0 Å². The summed E-state index contributed by atoms with van der Waals surface area (Å²) in [5, 5.41) is 3.36. The molecule has 0 spiro atoms. The highest BCUT2D eigenvalue weighted by atomic mass is 16.5. The lowest BCUT2D eigenvalue weighted by molar-refractivity contribution is 0.229. The van der Waals surface area contributed by atoms with Crippen LogP contribution in [0, 0.1) is 0 Å².